The van der Waals surface area contributed by atoms with Crippen molar-refractivity contribution in [2.24, 2.45) is 0 Å². The van der Waals surface area contributed by atoms with Crippen LogP contribution in [0.15, 0.2) is 91.0 Å². The number of fused-ring (bicyclic) bond motifs is 4. The Bertz CT molecular complexity index is 1350. The van der Waals surface area contributed by atoms with Crippen molar-refractivity contribution >= 4 is 38.4 Å². The van der Waals surface area contributed by atoms with Crippen LogP contribution in [0.4, 0.5) is 0 Å². The lowest BCUT2D eigenvalue weighted by Crippen LogP contribution is -2.00. The molecule has 0 heterocycles. The summed E-state index contributed by atoms with van der Waals surface area (Å²) in [6, 6.07) is 31.2. The van der Waals surface area contributed by atoms with Gasteiger partial charge < -0.3 is 0 Å². The molecule has 0 saturated heterocycles. The monoisotopic (exact) mass is 356 g/mol. The van der Waals surface area contributed by atoms with E-state index in [2.05, 4.69) is 97.1 Å². The normalized spacial score (nSPS) is 13.3. The minimum Gasteiger partial charge on any atom is -0.0836 e. The summed E-state index contributed by atoms with van der Waals surface area (Å²) < 4.78 is 0. The van der Waals surface area contributed by atoms with Crippen LogP contribution < -0.4 is 0 Å². The number of benzene rings is 5. The van der Waals surface area contributed by atoms with E-state index in [0.717, 1.165) is 12.8 Å². The van der Waals surface area contributed by atoms with Crippen LogP contribution in [0.2, 0.25) is 0 Å². The molecule has 5 aromatic rings. The molecule has 132 valence electrons. The summed E-state index contributed by atoms with van der Waals surface area (Å²) in [5, 5.41) is 7.98. The van der Waals surface area contributed by atoms with E-state index in [1.807, 2.05) is 0 Å². The van der Waals surface area contributed by atoms with E-state index < -0.39 is 0 Å². The van der Waals surface area contributed by atoms with Crippen LogP contribution >= 0.6 is 0 Å². The van der Waals surface area contributed by atoms with Gasteiger partial charge in [0, 0.05) is 0 Å². The Kier molecular flexibility index (Phi) is 3.39. The Morgan fingerprint density at radius 3 is 1.71 bits per heavy atom. The lowest BCUT2D eigenvalue weighted by Gasteiger charge is -2.21. The van der Waals surface area contributed by atoms with Gasteiger partial charge in [0.15, 0.2) is 0 Å². The van der Waals surface area contributed by atoms with Crippen molar-refractivity contribution in [1.29, 1.82) is 0 Å². The maximum atomic E-state index is 2.36. The van der Waals surface area contributed by atoms with Crippen LogP contribution in [0.1, 0.15) is 17.5 Å². The summed E-state index contributed by atoms with van der Waals surface area (Å²) in [6.07, 6.45) is 6.83. The van der Waals surface area contributed by atoms with Crippen molar-refractivity contribution in [3.8, 4) is 11.1 Å². The maximum Gasteiger partial charge on any atom is -0.00176 e. The van der Waals surface area contributed by atoms with Crippen LogP contribution in [0, 0.1) is 0 Å². The van der Waals surface area contributed by atoms with Crippen molar-refractivity contribution in [3.05, 3.63) is 102 Å². The van der Waals surface area contributed by atoms with Crippen molar-refractivity contribution in [2.75, 3.05) is 0 Å². The third-order valence-corrected chi connectivity index (χ3v) is 6.07. The van der Waals surface area contributed by atoms with Crippen molar-refractivity contribution < 1.29 is 0 Å². The van der Waals surface area contributed by atoms with Gasteiger partial charge in [-0.05, 0) is 79.5 Å². The Hall–Kier alpha value is -3.38. The van der Waals surface area contributed by atoms with E-state index in [-0.39, 0.29) is 0 Å². The van der Waals surface area contributed by atoms with Crippen LogP contribution in [0.25, 0.3) is 49.5 Å². The highest BCUT2D eigenvalue weighted by Gasteiger charge is 2.19. The lowest BCUT2D eigenvalue weighted by molar-refractivity contribution is 0.991. The van der Waals surface area contributed by atoms with Gasteiger partial charge in [-0.1, -0.05) is 84.9 Å². The van der Waals surface area contributed by atoms with Gasteiger partial charge in [0.05, 0.1) is 0 Å². The van der Waals surface area contributed by atoms with Gasteiger partial charge in [0.1, 0.15) is 0 Å². The molecule has 0 bridgehead atoms. The average molecular weight is 356 g/mol. The average Bonchev–Trinajstić information content (AvgIpc) is 2.76. The minimum atomic E-state index is 1.10. The largest absolute Gasteiger partial charge is 0.0836 e. The molecule has 0 aliphatic heterocycles. The molecule has 0 N–H and O–H groups in total. The quantitative estimate of drug-likeness (QED) is 0.269. The van der Waals surface area contributed by atoms with Gasteiger partial charge in [-0.25, -0.2) is 0 Å². The molecular formula is C28H20. The highest BCUT2D eigenvalue weighted by atomic mass is 14.2. The highest BCUT2D eigenvalue weighted by molar-refractivity contribution is 6.18. The second-order valence-corrected chi connectivity index (χ2v) is 7.68. The van der Waals surface area contributed by atoms with E-state index in [4.69, 9.17) is 0 Å². The molecule has 0 nitrogen and oxygen atoms in total. The van der Waals surface area contributed by atoms with Gasteiger partial charge in [-0.2, -0.15) is 0 Å². The third kappa shape index (κ3) is 2.25. The molecule has 0 saturated carbocycles. The summed E-state index contributed by atoms with van der Waals surface area (Å²) in [5.74, 6) is 0. The highest BCUT2D eigenvalue weighted by Crippen LogP contribution is 2.44. The molecule has 28 heavy (non-hydrogen) atoms. The molecule has 0 spiro atoms. The fraction of sp³-hybridized carbons (Fsp3) is 0.0714. The number of hydrogen-bond acceptors (Lipinski definition) is 0. The summed E-state index contributed by atoms with van der Waals surface area (Å²) >= 11 is 0. The molecule has 0 radical (unpaired) electrons. The van der Waals surface area contributed by atoms with Gasteiger partial charge in [0.25, 0.3) is 0 Å². The molecule has 6 rings (SSSR count). The molecule has 1 aliphatic rings. The van der Waals surface area contributed by atoms with Gasteiger partial charge in [-0.15, -0.1) is 0 Å². The first-order valence-electron chi connectivity index (χ1n) is 10.0. The zero-order valence-electron chi connectivity index (χ0n) is 15.7. The number of rotatable bonds is 1. The fourth-order valence-corrected chi connectivity index (χ4v) is 4.84. The van der Waals surface area contributed by atoms with Gasteiger partial charge in [0.2, 0.25) is 0 Å². The van der Waals surface area contributed by atoms with E-state index in [9.17, 15) is 0 Å². The lowest BCUT2D eigenvalue weighted by atomic mass is 9.82. The van der Waals surface area contributed by atoms with Crippen LogP contribution in [-0.4, -0.2) is 0 Å². The zero-order valence-corrected chi connectivity index (χ0v) is 15.7. The van der Waals surface area contributed by atoms with Gasteiger partial charge >= 0.3 is 0 Å². The molecule has 0 atom stereocenters. The van der Waals surface area contributed by atoms with Crippen LogP contribution in [0.5, 0.6) is 0 Å². The predicted molar refractivity (Wildman–Crippen MR) is 122 cm³/mol. The predicted octanol–water partition coefficient (Wildman–Crippen LogP) is 7.77. The Morgan fingerprint density at radius 1 is 0.536 bits per heavy atom. The number of hydrogen-bond donors (Lipinski definition) is 0. The zero-order chi connectivity index (χ0) is 18.5. The summed E-state index contributed by atoms with van der Waals surface area (Å²) in [5.41, 5.74) is 5.67. The van der Waals surface area contributed by atoms with Crippen molar-refractivity contribution in [1.82, 2.24) is 0 Å². The molecule has 0 amide bonds. The molecule has 1 aliphatic carbocycles. The third-order valence-electron chi connectivity index (χ3n) is 6.07. The second kappa shape index (κ2) is 6.07. The summed E-state index contributed by atoms with van der Waals surface area (Å²) in [6.45, 7) is 0. The van der Waals surface area contributed by atoms with E-state index in [1.165, 1.54) is 54.6 Å². The smallest absolute Gasteiger partial charge is 0.00176 e. The SMILES string of the molecule is C1=Cc2cc3ccccc3c(-c3c4ccccc4cc4ccccc34)c2CC1. The van der Waals surface area contributed by atoms with E-state index >= 15 is 0 Å². The summed E-state index contributed by atoms with van der Waals surface area (Å²) in [4.78, 5) is 0. The Balaban J connectivity index is 1.89. The van der Waals surface area contributed by atoms with Crippen LogP contribution in [-0.2, 0) is 6.42 Å². The number of allylic oxidation sites excluding steroid dienone is 1. The molecule has 0 fully saturated rings. The van der Waals surface area contributed by atoms with Gasteiger partial charge in [-0.3, -0.25) is 0 Å². The minimum absolute atomic E-state index is 1.10. The fourth-order valence-electron chi connectivity index (χ4n) is 4.84. The Morgan fingerprint density at radius 2 is 1.07 bits per heavy atom. The van der Waals surface area contributed by atoms with E-state index in [0.29, 0.717) is 0 Å². The van der Waals surface area contributed by atoms with Crippen molar-refractivity contribution in [2.45, 2.75) is 12.8 Å². The first-order chi connectivity index (χ1) is 13.9. The molecule has 0 unspecified atom stereocenters. The first-order valence-corrected chi connectivity index (χ1v) is 10.0. The van der Waals surface area contributed by atoms with E-state index in [1.54, 1.807) is 0 Å². The standard InChI is InChI=1S/C28H20/c1-5-13-23-19(9-1)17-20-10-2-6-14-24(20)27(23)28-25-15-7-3-11-21(25)18-22-12-4-8-16-26(22)28/h1-7,9-15,17-18H,8,16H2. The summed E-state index contributed by atoms with van der Waals surface area (Å²) in [7, 11) is 0. The van der Waals surface area contributed by atoms with Crippen LogP contribution in [0.3, 0.4) is 0 Å². The first kappa shape index (κ1) is 15.7. The topological polar surface area (TPSA) is 0 Å². The second-order valence-electron chi connectivity index (χ2n) is 7.68. The molecular weight excluding hydrogens is 336 g/mol. The van der Waals surface area contributed by atoms with Crippen molar-refractivity contribution in [3.63, 3.8) is 0 Å². The molecule has 5 aromatic carbocycles. The molecule has 0 aromatic heterocycles. The Labute approximate surface area is 164 Å². The molecule has 0 heteroatoms. The maximum absolute atomic E-state index is 2.36.